The molecule has 3 rings (SSSR count). The monoisotopic (exact) mass is 577 g/mol. The molecule has 9 nitrogen and oxygen atoms in total. The molecule has 0 spiro atoms. The quantitative estimate of drug-likeness (QED) is 0.299. The summed E-state index contributed by atoms with van der Waals surface area (Å²) < 4.78 is 11.2. The number of hydrogen-bond donors (Lipinski definition) is 2. The van der Waals surface area contributed by atoms with Gasteiger partial charge in [-0.2, -0.15) is 5.26 Å². The number of rotatable bonds is 8. The number of carbonyl (C=O) groups excluding carboxylic acids is 3. The first-order valence-corrected chi connectivity index (χ1v) is 11.2. The molecule has 1 aromatic heterocycles. The van der Waals surface area contributed by atoms with Crippen molar-refractivity contribution in [1.82, 2.24) is 15.2 Å². The fourth-order valence-corrected chi connectivity index (χ4v) is 3.43. The minimum atomic E-state index is -1.06. The SMILES string of the molecule is [CH2-]C(C#N)N([CH2-])C(=O)C(Cc1c[nH]c2ccc(Oc3ccc(C=O)cc3)cc12)NC(=O)OC(C)(C)C.[Y]. The van der Waals surface area contributed by atoms with E-state index in [1.165, 1.54) is 0 Å². The van der Waals surface area contributed by atoms with Crippen molar-refractivity contribution in [1.29, 1.82) is 5.26 Å². The van der Waals surface area contributed by atoms with Crippen LogP contribution >= 0.6 is 0 Å². The Bertz CT molecular complexity index is 1290. The van der Waals surface area contributed by atoms with Gasteiger partial charge in [0, 0.05) is 61.8 Å². The zero-order chi connectivity index (χ0) is 26.5. The Labute approximate surface area is 241 Å². The van der Waals surface area contributed by atoms with E-state index >= 15 is 0 Å². The van der Waals surface area contributed by atoms with Gasteiger partial charge in [0.25, 0.3) is 0 Å². The molecule has 37 heavy (non-hydrogen) atoms. The molecule has 1 heterocycles. The molecule has 191 valence electrons. The van der Waals surface area contributed by atoms with Crippen LogP contribution in [-0.4, -0.2) is 45.9 Å². The number of ether oxygens (including phenoxy) is 2. The Kier molecular flexibility index (Phi) is 10.4. The van der Waals surface area contributed by atoms with Crippen molar-refractivity contribution in [2.75, 3.05) is 0 Å². The molecule has 0 bridgehead atoms. The van der Waals surface area contributed by atoms with Crippen LogP contribution in [0.15, 0.2) is 48.7 Å². The van der Waals surface area contributed by atoms with Crippen LogP contribution < -0.4 is 10.1 Å². The maximum Gasteiger partial charge on any atom is 0.408 e. The summed E-state index contributed by atoms with van der Waals surface area (Å²) in [5.74, 6) is 0.521. The molecular weight excluding hydrogens is 549 g/mol. The van der Waals surface area contributed by atoms with E-state index in [0.717, 1.165) is 27.7 Å². The Morgan fingerprint density at radius 2 is 1.84 bits per heavy atom. The Balaban J connectivity index is 0.00000481. The average molecular weight is 577 g/mol. The first kappa shape index (κ1) is 30.0. The molecule has 0 aliphatic carbocycles. The maximum atomic E-state index is 13.1. The molecule has 2 N–H and O–H groups in total. The second-order valence-electron chi connectivity index (χ2n) is 9.17. The molecule has 10 heteroatoms. The number of aldehydes is 1. The first-order valence-electron chi connectivity index (χ1n) is 11.2. The summed E-state index contributed by atoms with van der Waals surface area (Å²) in [5.41, 5.74) is 1.31. The number of H-pyrrole nitrogens is 1. The number of nitrogens with one attached hydrogen (secondary N) is 2. The maximum absolute atomic E-state index is 13.1. The van der Waals surface area contributed by atoms with Crippen LogP contribution in [0.2, 0.25) is 0 Å². The molecule has 0 fully saturated rings. The summed E-state index contributed by atoms with van der Waals surface area (Å²) in [5, 5.41) is 12.5. The second-order valence-corrected chi connectivity index (χ2v) is 9.17. The van der Waals surface area contributed by atoms with Crippen molar-refractivity contribution in [3.8, 4) is 17.6 Å². The summed E-state index contributed by atoms with van der Waals surface area (Å²) in [6, 6.07) is 11.9. The molecule has 2 atom stereocenters. The molecule has 1 radical (unpaired) electrons. The van der Waals surface area contributed by atoms with Gasteiger partial charge < -0.3 is 31.6 Å². The van der Waals surface area contributed by atoms with E-state index < -0.39 is 29.7 Å². The topological polar surface area (TPSA) is 125 Å². The van der Waals surface area contributed by atoms with E-state index in [1.54, 1.807) is 57.3 Å². The van der Waals surface area contributed by atoms with Crippen LogP contribution in [0.25, 0.3) is 10.9 Å². The van der Waals surface area contributed by atoms with E-state index in [-0.39, 0.29) is 39.1 Å². The first-order chi connectivity index (χ1) is 17.0. The van der Waals surface area contributed by atoms with Gasteiger partial charge in [-0.15, -0.1) is 0 Å². The van der Waals surface area contributed by atoms with Crippen molar-refractivity contribution in [2.24, 2.45) is 0 Å². The number of nitriles is 1. The van der Waals surface area contributed by atoms with Crippen molar-refractivity contribution in [3.05, 3.63) is 73.8 Å². The van der Waals surface area contributed by atoms with Gasteiger partial charge in [0.05, 0.1) is 6.07 Å². The largest absolute Gasteiger partial charge is 0.505 e. The summed E-state index contributed by atoms with van der Waals surface area (Å²) in [7, 11) is 3.63. The zero-order valence-electron chi connectivity index (χ0n) is 21.0. The van der Waals surface area contributed by atoms with Crippen LogP contribution in [0.1, 0.15) is 36.7 Å². The Morgan fingerprint density at radius 3 is 2.43 bits per heavy atom. The van der Waals surface area contributed by atoms with Crippen LogP contribution in [0.3, 0.4) is 0 Å². The average Bonchev–Trinajstić information content (AvgIpc) is 3.23. The van der Waals surface area contributed by atoms with Crippen molar-refractivity contribution in [2.45, 2.75) is 44.9 Å². The van der Waals surface area contributed by atoms with Gasteiger partial charge in [-0.3, -0.25) is 16.6 Å². The fraction of sp³-hybridized carbons (Fsp3) is 0.259. The molecular formula is C27H28N4O5Y-2. The van der Waals surface area contributed by atoms with Crippen LogP contribution in [0.4, 0.5) is 4.79 Å². The summed E-state index contributed by atoms with van der Waals surface area (Å²) in [4.78, 5) is 40.5. The predicted octanol–water partition coefficient (Wildman–Crippen LogP) is 4.55. The molecule has 0 aliphatic rings. The van der Waals surface area contributed by atoms with Crippen molar-refractivity contribution >= 4 is 29.2 Å². The minimum absolute atomic E-state index is 0. The van der Waals surface area contributed by atoms with E-state index in [9.17, 15) is 14.4 Å². The number of fused-ring (bicyclic) bond motifs is 1. The van der Waals surface area contributed by atoms with E-state index in [4.69, 9.17) is 14.7 Å². The summed E-state index contributed by atoms with van der Waals surface area (Å²) in [6.45, 7) is 8.75. The minimum Gasteiger partial charge on any atom is -0.505 e. The number of alkyl carbamates (subject to hydrolysis) is 1. The number of benzene rings is 2. The molecule has 2 unspecified atom stereocenters. The molecule has 2 amide bonds. The van der Waals surface area contributed by atoms with Gasteiger partial charge in [-0.1, -0.05) is 0 Å². The van der Waals surface area contributed by atoms with Gasteiger partial charge >= 0.3 is 6.09 Å². The van der Waals surface area contributed by atoms with Crippen LogP contribution in [0.5, 0.6) is 11.5 Å². The van der Waals surface area contributed by atoms with Gasteiger partial charge in [-0.25, -0.2) is 4.79 Å². The molecule has 0 saturated heterocycles. The molecule has 0 saturated carbocycles. The van der Waals surface area contributed by atoms with Crippen molar-refractivity contribution < 1.29 is 56.6 Å². The third-order valence-corrected chi connectivity index (χ3v) is 5.21. The molecule has 3 aromatic rings. The fourth-order valence-electron chi connectivity index (χ4n) is 3.43. The molecule has 0 aliphatic heterocycles. The number of aromatic amines is 1. The number of aromatic nitrogens is 1. The number of amides is 2. The van der Waals surface area contributed by atoms with Gasteiger partial charge in [0.2, 0.25) is 5.91 Å². The molecule has 2 aromatic carbocycles. The van der Waals surface area contributed by atoms with Crippen molar-refractivity contribution in [3.63, 3.8) is 0 Å². The predicted molar refractivity (Wildman–Crippen MR) is 134 cm³/mol. The number of carbonyl (C=O) groups is 3. The van der Waals surface area contributed by atoms with Crippen LogP contribution in [-0.2, 0) is 48.7 Å². The van der Waals surface area contributed by atoms with Gasteiger partial charge in [0.15, 0.2) is 0 Å². The number of nitrogens with zero attached hydrogens (tertiary/aromatic N) is 2. The standard InChI is InChI=1S/C27H28N4O5.Y/c1-17(14-28)31(5)25(33)24(30-26(34)36-27(2,3)4)12-19-15-29-23-11-10-21(13-22(19)23)35-20-8-6-18(16-32)7-9-20;/h6-11,13,15-17,24,29H,1,5,12H2,2-4H3,(H,30,34);/q-2;. The normalized spacial score (nSPS) is 12.4. The smallest absolute Gasteiger partial charge is 0.408 e. The van der Waals surface area contributed by atoms with Gasteiger partial charge in [-0.05, 0) is 74.8 Å². The summed E-state index contributed by atoms with van der Waals surface area (Å²) in [6.07, 6.45) is 1.82. The van der Waals surface area contributed by atoms with Crippen LogP contribution in [0, 0.1) is 25.3 Å². The van der Waals surface area contributed by atoms with E-state index in [1.807, 2.05) is 18.2 Å². The third kappa shape index (κ3) is 8.14. The summed E-state index contributed by atoms with van der Waals surface area (Å²) >= 11 is 0. The number of hydrogen-bond acceptors (Lipinski definition) is 6. The van der Waals surface area contributed by atoms with E-state index in [0.29, 0.717) is 17.1 Å². The Hall–Kier alpha value is -3.22. The van der Waals surface area contributed by atoms with Gasteiger partial charge in [0.1, 0.15) is 29.4 Å². The Morgan fingerprint density at radius 1 is 1.19 bits per heavy atom. The zero-order valence-corrected chi connectivity index (χ0v) is 23.8. The van der Waals surface area contributed by atoms with E-state index in [2.05, 4.69) is 24.3 Å². The third-order valence-electron chi connectivity index (χ3n) is 5.21. The second kappa shape index (κ2) is 12.8.